The lowest BCUT2D eigenvalue weighted by Crippen LogP contribution is -2.38. The lowest BCUT2D eigenvalue weighted by molar-refractivity contribution is 0.328. The highest BCUT2D eigenvalue weighted by molar-refractivity contribution is 8.01. The third-order valence-corrected chi connectivity index (χ3v) is 5.93. The normalized spacial score (nSPS) is 31.6. The molecule has 0 aliphatic heterocycles. The van der Waals surface area contributed by atoms with Crippen LogP contribution in [0, 0.1) is 5.92 Å². The monoisotopic (exact) mass is 265 g/mol. The molecule has 0 aromatic rings. The Bertz CT molecular complexity index is 303. The van der Waals surface area contributed by atoms with Gasteiger partial charge in [-0.2, -0.15) is 11.8 Å². The van der Waals surface area contributed by atoms with Crippen LogP contribution < -0.4 is 5.73 Å². The third-order valence-electron chi connectivity index (χ3n) is 3.31. The van der Waals surface area contributed by atoms with Crippen LogP contribution in [0.4, 0.5) is 0 Å². The van der Waals surface area contributed by atoms with Gasteiger partial charge in [-0.15, -0.1) is 0 Å². The van der Waals surface area contributed by atoms with E-state index in [1.807, 2.05) is 0 Å². The maximum atomic E-state index is 11.0. The molecule has 96 valence electrons. The van der Waals surface area contributed by atoms with Gasteiger partial charge in [0.25, 0.3) is 0 Å². The zero-order chi connectivity index (χ0) is 12.2. The number of sulfone groups is 1. The van der Waals surface area contributed by atoms with Gasteiger partial charge in [0.1, 0.15) is 9.84 Å². The lowest BCUT2D eigenvalue weighted by atomic mass is 9.84. The van der Waals surface area contributed by atoms with Crippen molar-refractivity contribution >= 4 is 21.6 Å². The fourth-order valence-corrected chi connectivity index (χ4v) is 4.84. The van der Waals surface area contributed by atoms with Crippen LogP contribution in [0.1, 0.15) is 32.6 Å². The van der Waals surface area contributed by atoms with Crippen molar-refractivity contribution in [2.24, 2.45) is 11.7 Å². The SMILES string of the molecule is CCC1CCC(N)C(SCCS(C)(=O)=O)C1. The first-order valence-electron chi connectivity index (χ1n) is 5.97. The highest BCUT2D eigenvalue weighted by Gasteiger charge is 2.27. The third kappa shape index (κ3) is 5.06. The van der Waals surface area contributed by atoms with Crippen LogP contribution in [0.2, 0.25) is 0 Å². The Labute approximate surface area is 103 Å². The molecule has 0 bridgehead atoms. The zero-order valence-corrected chi connectivity index (χ0v) is 11.8. The Kier molecular flexibility index (Phi) is 5.61. The largest absolute Gasteiger partial charge is 0.327 e. The Morgan fingerprint density at radius 2 is 2.06 bits per heavy atom. The van der Waals surface area contributed by atoms with Crippen molar-refractivity contribution in [1.82, 2.24) is 0 Å². The Morgan fingerprint density at radius 1 is 1.38 bits per heavy atom. The zero-order valence-electron chi connectivity index (χ0n) is 10.2. The molecule has 0 radical (unpaired) electrons. The predicted molar refractivity (Wildman–Crippen MR) is 71.6 cm³/mol. The van der Waals surface area contributed by atoms with Gasteiger partial charge in [0.2, 0.25) is 0 Å². The van der Waals surface area contributed by atoms with Crippen LogP contribution in [0.3, 0.4) is 0 Å². The van der Waals surface area contributed by atoms with E-state index in [4.69, 9.17) is 5.73 Å². The molecule has 0 aromatic carbocycles. The van der Waals surface area contributed by atoms with Crippen molar-refractivity contribution in [3.8, 4) is 0 Å². The van der Waals surface area contributed by atoms with E-state index in [2.05, 4.69) is 6.92 Å². The van der Waals surface area contributed by atoms with Gasteiger partial charge in [-0.05, 0) is 25.2 Å². The molecule has 0 heterocycles. The van der Waals surface area contributed by atoms with Gasteiger partial charge < -0.3 is 5.73 Å². The number of nitrogens with two attached hydrogens (primary N) is 1. The number of rotatable bonds is 5. The molecule has 2 N–H and O–H groups in total. The average Bonchev–Trinajstić information content (AvgIpc) is 2.19. The highest BCUT2D eigenvalue weighted by atomic mass is 32.2. The maximum Gasteiger partial charge on any atom is 0.148 e. The first kappa shape index (κ1) is 14.3. The molecule has 1 fully saturated rings. The van der Waals surface area contributed by atoms with E-state index in [0.717, 1.165) is 18.8 Å². The van der Waals surface area contributed by atoms with Crippen molar-refractivity contribution in [3.05, 3.63) is 0 Å². The van der Waals surface area contributed by atoms with Gasteiger partial charge in [-0.1, -0.05) is 13.3 Å². The minimum Gasteiger partial charge on any atom is -0.327 e. The smallest absolute Gasteiger partial charge is 0.148 e. The van der Waals surface area contributed by atoms with Crippen LogP contribution in [0.15, 0.2) is 0 Å². The first-order valence-corrected chi connectivity index (χ1v) is 9.08. The fraction of sp³-hybridized carbons (Fsp3) is 1.00. The molecular weight excluding hydrogens is 242 g/mol. The average molecular weight is 265 g/mol. The number of hydrogen-bond donors (Lipinski definition) is 1. The molecule has 3 unspecified atom stereocenters. The van der Waals surface area contributed by atoms with E-state index in [-0.39, 0.29) is 11.8 Å². The second-order valence-corrected chi connectivity index (χ2v) is 8.40. The topological polar surface area (TPSA) is 60.2 Å². The molecule has 3 nitrogen and oxygen atoms in total. The summed E-state index contributed by atoms with van der Waals surface area (Å²) in [5.41, 5.74) is 6.08. The summed E-state index contributed by atoms with van der Waals surface area (Å²) in [5, 5.41) is 0.459. The molecule has 1 rings (SSSR count). The van der Waals surface area contributed by atoms with Crippen molar-refractivity contribution in [1.29, 1.82) is 0 Å². The van der Waals surface area contributed by atoms with E-state index in [1.165, 1.54) is 19.1 Å². The highest BCUT2D eigenvalue weighted by Crippen LogP contribution is 2.33. The summed E-state index contributed by atoms with van der Waals surface area (Å²) in [5.74, 6) is 1.75. The fourth-order valence-electron chi connectivity index (χ4n) is 2.15. The predicted octanol–water partition coefficient (Wildman–Crippen LogP) is 1.67. The number of thioether (sulfide) groups is 1. The first-order chi connectivity index (χ1) is 7.42. The Balaban J connectivity index is 2.34. The van der Waals surface area contributed by atoms with Gasteiger partial charge in [-0.25, -0.2) is 8.42 Å². The standard InChI is InChI=1S/C11H23NO2S2/c1-3-9-4-5-10(12)11(8-9)15-6-7-16(2,13)14/h9-11H,3-8,12H2,1-2H3. The molecule has 0 amide bonds. The second kappa shape index (κ2) is 6.26. The summed E-state index contributed by atoms with van der Waals surface area (Å²) in [4.78, 5) is 0. The van der Waals surface area contributed by atoms with Crippen molar-refractivity contribution in [3.63, 3.8) is 0 Å². The van der Waals surface area contributed by atoms with E-state index in [0.29, 0.717) is 11.0 Å². The van der Waals surface area contributed by atoms with Crippen LogP contribution in [0.25, 0.3) is 0 Å². The van der Waals surface area contributed by atoms with Gasteiger partial charge in [0.05, 0.1) is 5.75 Å². The van der Waals surface area contributed by atoms with Crippen LogP contribution in [-0.2, 0) is 9.84 Å². The summed E-state index contributed by atoms with van der Waals surface area (Å²) in [6, 6.07) is 0.257. The van der Waals surface area contributed by atoms with Gasteiger partial charge in [0, 0.05) is 23.3 Å². The van der Waals surface area contributed by atoms with Crippen LogP contribution >= 0.6 is 11.8 Å². The molecule has 1 saturated carbocycles. The lowest BCUT2D eigenvalue weighted by Gasteiger charge is -2.33. The van der Waals surface area contributed by atoms with Crippen molar-refractivity contribution in [2.45, 2.75) is 43.9 Å². The summed E-state index contributed by atoms with van der Waals surface area (Å²) in [6.07, 6.45) is 6.00. The van der Waals surface area contributed by atoms with Crippen molar-refractivity contribution < 1.29 is 8.42 Å². The quantitative estimate of drug-likeness (QED) is 0.821. The van der Waals surface area contributed by atoms with Gasteiger partial charge in [-0.3, -0.25) is 0 Å². The van der Waals surface area contributed by atoms with E-state index in [9.17, 15) is 8.42 Å². The summed E-state index contributed by atoms with van der Waals surface area (Å²) in [6.45, 7) is 2.22. The molecule has 0 saturated heterocycles. The molecule has 1 aliphatic carbocycles. The number of hydrogen-bond acceptors (Lipinski definition) is 4. The minimum atomic E-state index is -2.82. The van der Waals surface area contributed by atoms with Crippen molar-refractivity contribution in [2.75, 3.05) is 17.8 Å². The molecule has 1 aliphatic rings. The molecule has 16 heavy (non-hydrogen) atoms. The molecule has 0 aromatic heterocycles. The van der Waals surface area contributed by atoms with E-state index >= 15 is 0 Å². The van der Waals surface area contributed by atoms with E-state index < -0.39 is 9.84 Å². The Morgan fingerprint density at radius 3 is 2.62 bits per heavy atom. The Hall–Kier alpha value is 0.260. The van der Waals surface area contributed by atoms with Gasteiger partial charge in [0.15, 0.2) is 0 Å². The van der Waals surface area contributed by atoms with Gasteiger partial charge >= 0.3 is 0 Å². The molecule has 3 atom stereocenters. The van der Waals surface area contributed by atoms with Crippen LogP contribution in [0.5, 0.6) is 0 Å². The summed E-state index contributed by atoms with van der Waals surface area (Å²) in [7, 11) is -2.82. The molecular formula is C11H23NO2S2. The molecule has 5 heteroatoms. The molecule has 0 spiro atoms. The van der Waals surface area contributed by atoms with E-state index in [1.54, 1.807) is 11.8 Å². The maximum absolute atomic E-state index is 11.0. The summed E-state index contributed by atoms with van der Waals surface area (Å²) >= 11 is 1.75. The van der Waals surface area contributed by atoms with Crippen LogP contribution in [-0.4, -0.2) is 37.5 Å². The minimum absolute atomic E-state index is 0.257. The second-order valence-electron chi connectivity index (χ2n) is 4.79. The summed E-state index contributed by atoms with van der Waals surface area (Å²) < 4.78 is 22.1.